The fourth-order valence-electron chi connectivity index (χ4n) is 1.90. The van der Waals surface area contributed by atoms with Gasteiger partial charge in [-0.1, -0.05) is 20.3 Å². The van der Waals surface area contributed by atoms with Gasteiger partial charge >= 0.3 is 5.97 Å². The fraction of sp³-hybridized carbons (Fsp3) is 0.692. The first-order valence-electron chi connectivity index (χ1n) is 6.25. The van der Waals surface area contributed by atoms with Crippen LogP contribution < -0.4 is 5.32 Å². The quantitative estimate of drug-likeness (QED) is 0.807. The van der Waals surface area contributed by atoms with Crippen molar-refractivity contribution < 1.29 is 9.53 Å². The Morgan fingerprint density at radius 3 is 2.67 bits per heavy atom. The molecule has 0 spiro atoms. The average Bonchev–Trinajstić information content (AvgIpc) is 2.80. The number of hydrogen-bond donors (Lipinski definition) is 1. The number of carbonyl (C=O) groups excluding carboxylic acids is 1. The topological polar surface area (TPSA) is 51.2 Å². The van der Waals surface area contributed by atoms with Crippen LogP contribution in [0.4, 0.5) is 0 Å². The van der Waals surface area contributed by atoms with Gasteiger partial charge in [-0.2, -0.15) is 0 Å². The summed E-state index contributed by atoms with van der Waals surface area (Å²) in [6.45, 7) is 8.17. The molecule has 0 bridgehead atoms. The second-order valence-electron chi connectivity index (χ2n) is 4.58. The largest absolute Gasteiger partial charge is 0.468 e. The van der Waals surface area contributed by atoms with E-state index in [2.05, 4.69) is 31.1 Å². The Balaban J connectivity index is 2.78. The van der Waals surface area contributed by atoms with Crippen molar-refractivity contribution in [1.29, 1.82) is 0 Å². The van der Waals surface area contributed by atoms with E-state index < -0.39 is 0 Å². The molecule has 1 aromatic heterocycles. The van der Waals surface area contributed by atoms with Crippen LogP contribution in [0.3, 0.4) is 0 Å². The van der Waals surface area contributed by atoms with E-state index in [1.54, 1.807) is 11.3 Å². The van der Waals surface area contributed by atoms with Gasteiger partial charge in [-0.15, -0.1) is 11.3 Å². The summed E-state index contributed by atoms with van der Waals surface area (Å²) in [5.74, 6) is 0.0477. The van der Waals surface area contributed by atoms with Gasteiger partial charge in [0, 0.05) is 10.9 Å². The lowest BCUT2D eigenvalue weighted by molar-refractivity contribution is -0.144. The third-order valence-electron chi connectivity index (χ3n) is 3.27. The van der Waals surface area contributed by atoms with Crippen molar-refractivity contribution in [2.24, 2.45) is 5.92 Å². The summed E-state index contributed by atoms with van der Waals surface area (Å²) in [4.78, 5) is 17.2. The maximum atomic E-state index is 11.8. The zero-order chi connectivity index (χ0) is 13.7. The molecule has 1 rings (SSSR count). The molecule has 3 unspecified atom stereocenters. The van der Waals surface area contributed by atoms with Crippen LogP contribution >= 0.6 is 11.3 Å². The molecule has 0 radical (unpaired) electrons. The summed E-state index contributed by atoms with van der Waals surface area (Å²) >= 11 is 1.61. The van der Waals surface area contributed by atoms with E-state index in [-0.39, 0.29) is 24.0 Å². The number of nitrogens with one attached hydrogen (secondary N) is 1. The number of carbonyl (C=O) groups is 1. The second kappa shape index (κ2) is 6.85. The Kier molecular flexibility index (Phi) is 5.75. The van der Waals surface area contributed by atoms with Gasteiger partial charge in [0.05, 0.1) is 18.3 Å². The molecule has 3 atom stereocenters. The molecule has 102 valence electrons. The highest BCUT2D eigenvalue weighted by molar-refractivity contribution is 7.09. The summed E-state index contributed by atoms with van der Waals surface area (Å²) < 4.78 is 4.87. The van der Waals surface area contributed by atoms with Crippen molar-refractivity contribution in [3.63, 3.8) is 0 Å². The fourth-order valence-corrected chi connectivity index (χ4v) is 2.72. The zero-order valence-electron chi connectivity index (χ0n) is 11.7. The zero-order valence-corrected chi connectivity index (χ0v) is 12.5. The van der Waals surface area contributed by atoms with Gasteiger partial charge in [0.25, 0.3) is 0 Å². The number of aromatic nitrogens is 1. The number of hydrogen-bond acceptors (Lipinski definition) is 5. The summed E-state index contributed by atoms with van der Waals surface area (Å²) in [5.41, 5.74) is 2.85. The highest BCUT2D eigenvalue weighted by Gasteiger charge is 2.27. The molecule has 1 aromatic rings. The number of esters is 1. The molecule has 0 aliphatic heterocycles. The number of methoxy groups -OCH3 is 1. The van der Waals surface area contributed by atoms with Crippen molar-refractivity contribution in [3.05, 3.63) is 16.1 Å². The van der Waals surface area contributed by atoms with Gasteiger partial charge in [-0.3, -0.25) is 10.1 Å². The van der Waals surface area contributed by atoms with Crippen LogP contribution in [0.1, 0.15) is 43.8 Å². The lowest BCUT2D eigenvalue weighted by Crippen LogP contribution is -2.43. The molecule has 0 amide bonds. The highest BCUT2D eigenvalue weighted by atomic mass is 32.1. The maximum absolute atomic E-state index is 11.8. The molecule has 1 N–H and O–H groups in total. The lowest BCUT2D eigenvalue weighted by Gasteiger charge is -2.25. The standard InChI is InChI=1S/C13H22N2O2S/c1-6-8(2)11(13(16)17-5)15-10(4)12-9(3)14-7-18-12/h7-8,10-11,15H,6H2,1-5H3. The second-order valence-corrected chi connectivity index (χ2v) is 5.46. The van der Waals surface area contributed by atoms with Crippen LogP contribution in [0.25, 0.3) is 0 Å². The Morgan fingerprint density at radius 2 is 2.22 bits per heavy atom. The number of rotatable bonds is 6. The van der Waals surface area contributed by atoms with Crippen molar-refractivity contribution in [1.82, 2.24) is 10.3 Å². The minimum Gasteiger partial charge on any atom is -0.468 e. The summed E-state index contributed by atoms with van der Waals surface area (Å²) in [7, 11) is 1.43. The average molecular weight is 270 g/mol. The molecule has 0 aliphatic carbocycles. The number of aryl methyl sites for hydroxylation is 1. The smallest absolute Gasteiger partial charge is 0.323 e. The van der Waals surface area contributed by atoms with Crippen LogP contribution in [0.5, 0.6) is 0 Å². The first kappa shape index (κ1) is 15.1. The van der Waals surface area contributed by atoms with Gasteiger partial charge in [-0.25, -0.2) is 4.98 Å². The van der Waals surface area contributed by atoms with Crippen LogP contribution in [0.2, 0.25) is 0 Å². The molecular weight excluding hydrogens is 248 g/mol. The van der Waals surface area contributed by atoms with Gasteiger partial charge < -0.3 is 4.74 Å². The highest BCUT2D eigenvalue weighted by Crippen LogP contribution is 2.23. The number of nitrogens with zero attached hydrogens (tertiary/aromatic N) is 1. The molecule has 4 nitrogen and oxygen atoms in total. The third kappa shape index (κ3) is 3.53. The van der Waals surface area contributed by atoms with E-state index in [9.17, 15) is 4.79 Å². The predicted octanol–water partition coefficient (Wildman–Crippen LogP) is 2.69. The minimum atomic E-state index is -0.267. The van der Waals surface area contributed by atoms with Gasteiger partial charge in [0.2, 0.25) is 0 Å². The van der Waals surface area contributed by atoms with E-state index >= 15 is 0 Å². The predicted molar refractivity (Wildman–Crippen MR) is 73.7 cm³/mol. The third-order valence-corrected chi connectivity index (χ3v) is 4.39. The number of ether oxygens (including phenoxy) is 1. The molecule has 0 aliphatic rings. The lowest BCUT2D eigenvalue weighted by atomic mass is 9.98. The monoisotopic (exact) mass is 270 g/mol. The summed E-state index contributed by atoms with van der Waals surface area (Å²) in [5, 5.41) is 3.36. The normalized spacial score (nSPS) is 16.1. The van der Waals surface area contributed by atoms with E-state index in [0.29, 0.717) is 0 Å². The van der Waals surface area contributed by atoms with Crippen LogP contribution in [-0.4, -0.2) is 24.1 Å². The van der Waals surface area contributed by atoms with E-state index in [4.69, 9.17) is 4.74 Å². The number of thiazole rings is 1. The van der Waals surface area contributed by atoms with Crippen molar-refractivity contribution >= 4 is 17.3 Å². The van der Waals surface area contributed by atoms with Crippen molar-refractivity contribution in [3.8, 4) is 0 Å². The van der Waals surface area contributed by atoms with Crippen molar-refractivity contribution in [2.45, 2.75) is 46.2 Å². The summed E-state index contributed by atoms with van der Waals surface area (Å²) in [6.07, 6.45) is 0.932. The minimum absolute atomic E-state index is 0.107. The Hall–Kier alpha value is -0.940. The molecule has 0 saturated carbocycles. The first-order valence-corrected chi connectivity index (χ1v) is 7.13. The molecule has 0 fully saturated rings. The Morgan fingerprint density at radius 1 is 1.56 bits per heavy atom. The maximum Gasteiger partial charge on any atom is 0.323 e. The van der Waals surface area contributed by atoms with Gasteiger partial charge in [-0.05, 0) is 19.8 Å². The SMILES string of the molecule is CCC(C)C(NC(C)c1scnc1C)C(=O)OC. The first-order chi connectivity index (χ1) is 8.51. The molecule has 1 heterocycles. The van der Waals surface area contributed by atoms with Gasteiger partial charge in [0.1, 0.15) is 6.04 Å². The summed E-state index contributed by atoms with van der Waals surface area (Å²) in [6, 6.07) is -0.160. The molecular formula is C13H22N2O2S. The van der Waals surface area contributed by atoms with Crippen LogP contribution in [0, 0.1) is 12.8 Å². The van der Waals surface area contributed by atoms with Crippen LogP contribution in [0.15, 0.2) is 5.51 Å². The Bertz CT molecular complexity index is 392. The van der Waals surface area contributed by atoms with E-state index in [0.717, 1.165) is 12.1 Å². The van der Waals surface area contributed by atoms with E-state index in [1.807, 2.05) is 12.4 Å². The van der Waals surface area contributed by atoms with Crippen molar-refractivity contribution in [2.75, 3.05) is 7.11 Å². The van der Waals surface area contributed by atoms with Gasteiger partial charge in [0.15, 0.2) is 0 Å². The molecule has 0 saturated heterocycles. The molecule has 5 heteroatoms. The Labute approximate surface area is 113 Å². The molecule has 0 aromatic carbocycles. The van der Waals surface area contributed by atoms with E-state index in [1.165, 1.54) is 12.0 Å². The van der Waals surface area contributed by atoms with Crippen LogP contribution in [-0.2, 0) is 9.53 Å². The molecule has 18 heavy (non-hydrogen) atoms.